The van der Waals surface area contributed by atoms with Crippen molar-refractivity contribution in [3.05, 3.63) is 52.5 Å². The maximum Gasteiger partial charge on any atom is 0.138 e. The Kier molecular flexibility index (Phi) is 6.01. The highest BCUT2D eigenvalue weighted by atomic mass is 79.9. The summed E-state index contributed by atoms with van der Waals surface area (Å²) in [7, 11) is 0. The Hall–Kier alpha value is -0.910. The second-order valence-corrected chi connectivity index (χ2v) is 6.59. The summed E-state index contributed by atoms with van der Waals surface area (Å²) in [5.74, 6) is 1.65. The van der Waals surface area contributed by atoms with Crippen molar-refractivity contribution in [1.29, 1.82) is 0 Å². The summed E-state index contributed by atoms with van der Waals surface area (Å²) in [4.78, 5) is 10.1. The molecule has 20 heavy (non-hydrogen) atoms. The molecule has 0 spiro atoms. The Balaban J connectivity index is 1.96. The summed E-state index contributed by atoms with van der Waals surface area (Å²) >= 11 is 5.29. The van der Waals surface area contributed by atoms with Gasteiger partial charge in [0, 0.05) is 28.2 Å². The Morgan fingerprint density at radius 1 is 1.25 bits per heavy atom. The van der Waals surface area contributed by atoms with Crippen molar-refractivity contribution in [1.82, 2.24) is 15.3 Å². The Bertz CT molecular complexity index is 560. The SMILES string of the molecule is CC(C)NCc1ccnc(CSc2ccccc2Br)n1. The van der Waals surface area contributed by atoms with E-state index in [1.165, 1.54) is 4.90 Å². The van der Waals surface area contributed by atoms with Gasteiger partial charge in [-0.25, -0.2) is 9.97 Å². The monoisotopic (exact) mass is 351 g/mol. The number of nitrogens with zero attached hydrogens (tertiary/aromatic N) is 2. The van der Waals surface area contributed by atoms with Gasteiger partial charge in [0.2, 0.25) is 0 Å². The number of thioether (sulfide) groups is 1. The topological polar surface area (TPSA) is 37.8 Å². The van der Waals surface area contributed by atoms with E-state index in [2.05, 4.69) is 51.1 Å². The number of benzene rings is 1. The zero-order valence-corrected chi connectivity index (χ0v) is 14.0. The van der Waals surface area contributed by atoms with Crippen LogP contribution in [-0.2, 0) is 12.3 Å². The molecule has 0 aliphatic heterocycles. The van der Waals surface area contributed by atoms with Gasteiger partial charge in [-0.3, -0.25) is 0 Å². The van der Waals surface area contributed by atoms with Crippen LogP contribution < -0.4 is 5.32 Å². The highest BCUT2D eigenvalue weighted by molar-refractivity contribution is 9.10. The molecule has 0 bridgehead atoms. The van der Waals surface area contributed by atoms with Crippen LogP contribution in [-0.4, -0.2) is 16.0 Å². The maximum absolute atomic E-state index is 4.58. The molecule has 0 unspecified atom stereocenters. The smallest absolute Gasteiger partial charge is 0.138 e. The van der Waals surface area contributed by atoms with Crippen LogP contribution in [0.4, 0.5) is 0 Å². The van der Waals surface area contributed by atoms with Crippen LogP contribution >= 0.6 is 27.7 Å². The van der Waals surface area contributed by atoms with E-state index in [9.17, 15) is 0 Å². The lowest BCUT2D eigenvalue weighted by Crippen LogP contribution is -2.22. The first kappa shape index (κ1) is 15.5. The van der Waals surface area contributed by atoms with Gasteiger partial charge in [0.05, 0.1) is 11.4 Å². The molecule has 2 aromatic rings. The van der Waals surface area contributed by atoms with E-state index >= 15 is 0 Å². The molecule has 1 aromatic carbocycles. The standard InChI is InChI=1S/C15H18BrN3S/c1-11(2)18-9-12-7-8-17-15(19-12)10-20-14-6-4-3-5-13(14)16/h3-8,11,18H,9-10H2,1-2H3. The normalized spacial score (nSPS) is 11.0. The van der Waals surface area contributed by atoms with Crippen LogP contribution in [0.3, 0.4) is 0 Å². The van der Waals surface area contributed by atoms with Crippen LogP contribution in [0.1, 0.15) is 25.4 Å². The quantitative estimate of drug-likeness (QED) is 0.797. The van der Waals surface area contributed by atoms with Gasteiger partial charge in [0.25, 0.3) is 0 Å². The Morgan fingerprint density at radius 3 is 2.80 bits per heavy atom. The largest absolute Gasteiger partial charge is 0.309 e. The molecule has 106 valence electrons. The molecule has 0 atom stereocenters. The minimum absolute atomic E-state index is 0.461. The van der Waals surface area contributed by atoms with Crippen molar-refractivity contribution in [2.75, 3.05) is 0 Å². The van der Waals surface area contributed by atoms with Crippen LogP contribution in [0, 0.1) is 0 Å². The Labute approximate surface area is 132 Å². The average Bonchev–Trinajstić information content (AvgIpc) is 2.45. The van der Waals surface area contributed by atoms with Crippen molar-refractivity contribution in [3.63, 3.8) is 0 Å². The maximum atomic E-state index is 4.58. The first-order valence-electron chi connectivity index (χ1n) is 6.56. The van der Waals surface area contributed by atoms with E-state index in [0.717, 1.165) is 28.3 Å². The summed E-state index contributed by atoms with van der Waals surface area (Å²) in [5, 5.41) is 3.37. The molecule has 1 heterocycles. The molecule has 1 aromatic heterocycles. The summed E-state index contributed by atoms with van der Waals surface area (Å²) in [5.41, 5.74) is 1.04. The predicted octanol–water partition coefficient (Wildman–Crippen LogP) is 4.03. The summed E-state index contributed by atoms with van der Waals surface area (Å²) in [6.07, 6.45) is 1.83. The first-order valence-corrected chi connectivity index (χ1v) is 8.34. The molecule has 0 aliphatic carbocycles. The van der Waals surface area contributed by atoms with Gasteiger partial charge in [-0.15, -0.1) is 11.8 Å². The molecule has 1 N–H and O–H groups in total. The van der Waals surface area contributed by atoms with E-state index in [4.69, 9.17) is 0 Å². The van der Waals surface area contributed by atoms with Gasteiger partial charge in [-0.1, -0.05) is 26.0 Å². The predicted molar refractivity (Wildman–Crippen MR) is 87.7 cm³/mol. The molecule has 2 rings (SSSR count). The third-order valence-electron chi connectivity index (χ3n) is 2.65. The number of rotatable bonds is 6. The van der Waals surface area contributed by atoms with Crippen molar-refractivity contribution in [2.24, 2.45) is 0 Å². The van der Waals surface area contributed by atoms with Crippen LogP contribution in [0.5, 0.6) is 0 Å². The van der Waals surface area contributed by atoms with Gasteiger partial charge in [0.15, 0.2) is 0 Å². The number of hydrogen-bond donors (Lipinski definition) is 1. The number of aromatic nitrogens is 2. The zero-order valence-electron chi connectivity index (χ0n) is 11.6. The lowest BCUT2D eigenvalue weighted by atomic mass is 10.3. The Morgan fingerprint density at radius 2 is 2.05 bits per heavy atom. The average molecular weight is 352 g/mol. The van der Waals surface area contributed by atoms with Gasteiger partial charge in [-0.2, -0.15) is 0 Å². The summed E-state index contributed by atoms with van der Waals surface area (Å²) in [6, 6.07) is 10.6. The fourth-order valence-corrected chi connectivity index (χ4v) is 3.05. The number of halogens is 1. The molecule has 0 fully saturated rings. The molecular weight excluding hydrogens is 334 g/mol. The second-order valence-electron chi connectivity index (χ2n) is 4.72. The van der Waals surface area contributed by atoms with E-state index in [1.54, 1.807) is 11.8 Å². The summed E-state index contributed by atoms with van der Waals surface area (Å²) in [6.45, 7) is 5.04. The van der Waals surface area contributed by atoms with Crippen molar-refractivity contribution in [2.45, 2.75) is 37.1 Å². The zero-order chi connectivity index (χ0) is 14.4. The molecular formula is C15H18BrN3S. The molecule has 5 heteroatoms. The van der Waals surface area contributed by atoms with Gasteiger partial charge in [0.1, 0.15) is 5.82 Å². The van der Waals surface area contributed by atoms with E-state index < -0.39 is 0 Å². The second kappa shape index (κ2) is 7.76. The molecule has 3 nitrogen and oxygen atoms in total. The third kappa shape index (κ3) is 4.89. The highest BCUT2D eigenvalue weighted by Crippen LogP contribution is 2.28. The third-order valence-corrected chi connectivity index (χ3v) is 4.67. The van der Waals surface area contributed by atoms with E-state index in [1.807, 2.05) is 30.5 Å². The molecule has 0 amide bonds. The van der Waals surface area contributed by atoms with Gasteiger partial charge >= 0.3 is 0 Å². The lowest BCUT2D eigenvalue weighted by Gasteiger charge is -2.08. The molecule has 0 radical (unpaired) electrons. The fraction of sp³-hybridized carbons (Fsp3) is 0.333. The molecule has 0 saturated heterocycles. The van der Waals surface area contributed by atoms with Crippen molar-refractivity contribution >= 4 is 27.7 Å². The minimum Gasteiger partial charge on any atom is -0.309 e. The number of hydrogen-bond acceptors (Lipinski definition) is 4. The lowest BCUT2D eigenvalue weighted by molar-refractivity contribution is 0.579. The first-order chi connectivity index (χ1) is 9.65. The molecule has 0 aliphatic rings. The summed E-state index contributed by atoms with van der Waals surface area (Å²) < 4.78 is 1.11. The van der Waals surface area contributed by atoms with Gasteiger partial charge < -0.3 is 5.32 Å². The van der Waals surface area contributed by atoms with Crippen molar-refractivity contribution < 1.29 is 0 Å². The highest BCUT2D eigenvalue weighted by Gasteiger charge is 2.04. The molecule has 0 saturated carbocycles. The van der Waals surface area contributed by atoms with Crippen LogP contribution in [0.2, 0.25) is 0 Å². The van der Waals surface area contributed by atoms with Crippen molar-refractivity contribution in [3.8, 4) is 0 Å². The van der Waals surface area contributed by atoms with Crippen LogP contribution in [0.25, 0.3) is 0 Å². The fourth-order valence-electron chi connectivity index (χ4n) is 1.62. The van der Waals surface area contributed by atoms with E-state index in [0.29, 0.717) is 6.04 Å². The van der Waals surface area contributed by atoms with Gasteiger partial charge in [-0.05, 0) is 34.1 Å². The van der Waals surface area contributed by atoms with Crippen LogP contribution in [0.15, 0.2) is 45.9 Å². The minimum atomic E-state index is 0.461. The number of nitrogens with one attached hydrogen (secondary N) is 1. The van der Waals surface area contributed by atoms with E-state index in [-0.39, 0.29) is 0 Å².